The van der Waals surface area contributed by atoms with Crippen molar-refractivity contribution in [3.8, 4) is 0 Å². The normalized spacial score (nSPS) is 16.4. The van der Waals surface area contributed by atoms with E-state index < -0.39 is 0 Å². The largest absolute Gasteiger partial charge is 0.327 e. The molecule has 0 aromatic rings. The van der Waals surface area contributed by atoms with E-state index in [1.54, 1.807) is 0 Å². The van der Waals surface area contributed by atoms with Crippen LogP contribution in [0.5, 0.6) is 0 Å². The van der Waals surface area contributed by atoms with E-state index in [1.165, 1.54) is 0 Å². The number of Topliss-reactive ketones (excluding diaryl/α,β-unsaturated/α-hetero) is 1. The maximum Gasteiger partial charge on any atom is 0.137 e. The highest BCUT2D eigenvalue weighted by Gasteiger charge is 2.24. The highest BCUT2D eigenvalue weighted by molar-refractivity contribution is 5.81. The average Bonchev–Trinajstić information content (AvgIpc) is 2.02. The summed E-state index contributed by atoms with van der Waals surface area (Å²) in [7, 11) is 0. The predicted molar refractivity (Wildman–Crippen MR) is 61.1 cm³/mol. The van der Waals surface area contributed by atoms with Crippen molar-refractivity contribution in [2.75, 3.05) is 0 Å². The standard InChI is InChI=1S/C12H25NO/c1-6-7-9(2)10(14)8-11(13)12(3,4)5/h9,11H,6-8,13H2,1-5H3. The molecule has 0 bridgehead atoms. The Morgan fingerprint density at radius 2 is 1.86 bits per heavy atom. The minimum absolute atomic E-state index is 0.0192. The Hall–Kier alpha value is -0.370. The van der Waals surface area contributed by atoms with Gasteiger partial charge in [0.15, 0.2) is 0 Å². The molecule has 0 aliphatic rings. The minimum Gasteiger partial charge on any atom is -0.327 e. The third kappa shape index (κ3) is 4.75. The number of carbonyl (C=O) groups excluding carboxylic acids is 1. The van der Waals surface area contributed by atoms with Crippen LogP contribution in [0.15, 0.2) is 0 Å². The van der Waals surface area contributed by atoms with E-state index in [0.29, 0.717) is 12.2 Å². The van der Waals surface area contributed by atoms with E-state index in [9.17, 15) is 4.79 Å². The fraction of sp³-hybridized carbons (Fsp3) is 0.917. The van der Waals surface area contributed by atoms with Gasteiger partial charge in [-0.05, 0) is 11.8 Å². The molecule has 0 saturated carbocycles. The maximum absolute atomic E-state index is 11.7. The van der Waals surface area contributed by atoms with Crippen molar-refractivity contribution in [2.24, 2.45) is 17.1 Å². The van der Waals surface area contributed by atoms with E-state index in [4.69, 9.17) is 5.73 Å². The third-order valence-electron chi connectivity index (χ3n) is 2.80. The molecule has 0 radical (unpaired) electrons. The lowest BCUT2D eigenvalue weighted by Gasteiger charge is -2.27. The monoisotopic (exact) mass is 199 g/mol. The summed E-state index contributed by atoms with van der Waals surface area (Å²) in [5.41, 5.74) is 5.99. The number of hydrogen-bond acceptors (Lipinski definition) is 2. The van der Waals surface area contributed by atoms with Gasteiger partial charge in [0.1, 0.15) is 5.78 Å². The van der Waals surface area contributed by atoms with Crippen LogP contribution in [0, 0.1) is 11.3 Å². The van der Waals surface area contributed by atoms with E-state index in [0.717, 1.165) is 12.8 Å². The molecule has 0 saturated heterocycles. The molecule has 0 aromatic heterocycles. The van der Waals surface area contributed by atoms with Crippen molar-refractivity contribution in [3.05, 3.63) is 0 Å². The zero-order valence-corrected chi connectivity index (χ0v) is 10.3. The van der Waals surface area contributed by atoms with E-state index in [2.05, 4.69) is 27.7 Å². The molecular formula is C12H25NO. The Labute approximate surface area is 88.3 Å². The number of carbonyl (C=O) groups is 1. The lowest BCUT2D eigenvalue weighted by atomic mass is 9.82. The summed E-state index contributed by atoms with van der Waals surface area (Å²) in [6.45, 7) is 10.3. The summed E-state index contributed by atoms with van der Waals surface area (Å²) in [5.74, 6) is 0.489. The number of nitrogens with two attached hydrogens (primary N) is 1. The van der Waals surface area contributed by atoms with Crippen molar-refractivity contribution < 1.29 is 4.79 Å². The fourth-order valence-electron chi connectivity index (χ4n) is 1.32. The molecule has 2 N–H and O–H groups in total. The Morgan fingerprint density at radius 3 is 2.21 bits per heavy atom. The van der Waals surface area contributed by atoms with Crippen LogP contribution in [-0.2, 0) is 4.79 Å². The predicted octanol–water partition coefficient (Wildman–Crippen LogP) is 2.76. The van der Waals surface area contributed by atoms with Crippen molar-refractivity contribution >= 4 is 5.78 Å². The molecule has 0 fully saturated rings. The van der Waals surface area contributed by atoms with E-state index in [1.807, 2.05) is 6.92 Å². The first-order valence-electron chi connectivity index (χ1n) is 5.57. The maximum atomic E-state index is 11.7. The van der Waals surface area contributed by atoms with E-state index in [-0.39, 0.29) is 17.4 Å². The molecule has 2 nitrogen and oxygen atoms in total. The van der Waals surface area contributed by atoms with Crippen LogP contribution < -0.4 is 5.73 Å². The zero-order valence-electron chi connectivity index (χ0n) is 10.3. The molecule has 14 heavy (non-hydrogen) atoms. The number of hydrogen-bond donors (Lipinski definition) is 1. The number of ketones is 1. The van der Waals surface area contributed by atoms with Crippen LogP contribution in [-0.4, -0.2) is 11.8 Å². The van der Waals surface area contributed by atoms with Crippen molar-refractivity contribution in [3.63, 3.8) is 0 Å². The number of rotatable bonds is 5. The van der Waals surface area contributed by atoms with Gasteiger partial charge in [0.25, 0.3) is 0 Å². The lowest BCUT2D eigenvalue weighted by molar-refractivity contribution is -0.123. The van der Waals surface area contributed by atoms with Gasteiger partial charge in [-0.25, -0.2) is 0 Å². The molecule has 0 aliphatic heterocycles. The SMILES string of the molecule is CCCC(C)C(=O)CC(N)C(C)(C)C. The van der Waals surface area contributed by atoms with Gasteiger partial charge in [0.05, 0.1) is 0 Å². The van der Waals surface area contributed by atoms with Crippen LogP contribution >= 0.6 is 0 Å². The Morgan fingerprint density at radius 1 is 1.36 bits per heavy atom. The Balaban J connectivity index is 4.06. The molecule has 0 rings (SSSR count). The zero-order chi connectivity index (χ0) is 11.4. The molecule has 0 aromatic carbocycles. The van der Waals surface area contributed by atoms with Crippen molar-refractivity contribution in [2.45, 2.75) is 59.9 Å². The van der Waals surface area contributed by atoms with Gasteiger partial charge in [-0.2, -0.15) is 0 Å². The summed E-state index contributed by atoms with van der Waals surface area (Å²) in [6.07, 6.45) is 2.57. The van der Waals surface area contributed by atoms with Gasteiger partial charge in [0.2, 0.25) is 0 Å². The highest BCUT2D eigenvalue weighted by Crippen LogP contribution is 2.21. The lowest BCUT2D eigenvalue weighted by Crippen LogP contribution is -2.38. The van der Waals surface area contributed by atoms with Gasteiger partial charge in [-0.1, -0.05) is 41.0 Å². The molecule has 2 atom stereocenters. The summed E-state index contributed by atoms with van der Waals surface area (Å²) in [6, 6.07) is -0.0192. The van der Waals surface area contributed by atoms with Crippen molar-refractivity contribution in [1.82, 2.24) is 0 Å². The van der Waals surface area contributed by atoms with E-state index >= 15 is 0 Å². The first-order valence-corrected chi connectivity index (χ1v) is 5.57. The summed E-state index contributed by atoms with van der Waals surface area (Å²) in [4.78, 5) is 11.7. The summed E-state index contributed by atoms with van der Waals surface area (Å²) >= 11 is 0. The topological polar surface area (TPSA) is 43.1 Å². The molecule has 0 aliphatic carbocycles. The van der Waals surface area contributed by atoms with Crippen molar-refractivity contribution in [1.29, 1.82) is 0 Å². The van der Waals surface area contributed by atoms with Gasteiger partial charge in [-0.15, -0.1) is 0 Å². The smallest absolute Gasteiger partial charge is 0.137 e. The summed E-state index contributed by atoms with van der Waals surface area (Å²) in [5, 5.41) is 0. The van der Waals surface area contributed by atoms with Crippen LogP contribution in [0.1, 0.15) is 53.9 Å². The van der Waals surface area contributed by atoms with Crippen LogP contribution in [0.3, 0.4) is 0 Å². The van der Waals surface area contributed by atoms with Crippen LogP contribution in [0.4, 0.5) is 0 Å². The van der Waals surface area contributed by atoms with Crippen LogP contribution in [0.25, 0.3) is 0 Å². The second-order valence-electron chi connectivity index (χ2n) is 5.33. The molecule has 2 heteroatoms. The van der Waals surface area contributed by atoms with Gasteiger partial charge in [0, 0.05) is 18.4 Å². The molecule has 0 spiro atoms. The second-order valence-corrected chi connectivity index (χ2v) is 5.33. The highest BCUT2D eigenvalue weighted by atomic mass is 16.1. The molecular weight excluding hydrogens is 174 g/mol. The average molecular weight is 199 g/mol. The van der Waals surface area contributed by atoms with Gasteiger partial charge >= 0.3 is 0 Å². The Kier molecular flexibility index (Phi) is 5.35. The first kappa shape index (κ1) is 13.6. The van der Waals surface area contributed by atoms with Gasteiger partial charge < -0.3 is 5.73 Å². The summed E-state index contributed by atoms with van der Waals surface area (Å²) < 4.78 is 0. The molecule has 0 amide bonds. The first-order chi connectivity index (χ1) is 6.29. The molecule has 0 heterocycles. The molecule has 2 unspecified atom stereocenters. The second kappa shape index (κ2) is 5.50. The quantitative estimate of drug-likeness (QED) is 0.740. The fourth-order valence-corrected chi connectivity index (χ4v) is 1.32. The van der Waals surface area contributed by atoms with Gasteiger partial charge in [-0.3, -0.25) is 4.79 Å². The third-order valence-corrected chi connectivity index (χ3v) is 2.80. The van der Waals surface area contributed by atoms with Crippen LogP contribution in [0.2, 0.25) is 0 Å². The minimum atomic E-state index is -0.0192. The Bertz CT molecular complexity index is 181. The molecule has 84 valence electrons.